The molecule has 0 saturated carbocycles. The van der Waals surface area contributed by atoms with E-state index >= 15 is 0 Å². The van der Waals surface area contributed by atoms with Gasteiger partial charge >= 0.3 is 0 Å². The number of hydrogen-bond acceptors (Lipinski definition) is 3. The quantitative estimate of drug-likeness (QED) is 0.759. The third-order valence-electron chi connectivity index (χ3n) is 2.46. The second-order valence-electron chi connectivity index (χ2n) is 3.76. The first-order valence-electron chi connectivity index (χ1n) is 5.26. The maximum atomic E-state index is 11.7. The Kier molecular flexibility index (Phi) is 2.82. The smallest absolute Gasteiger partial charge is 0.253 e. The maximum Gasteiger partial charge on any atom is 0.253 e. The van der Waals surface area contributed by atoms with Gasteiger partial charge in [0.1, 0.15) is 0 Å². The molecular formula is C12H14N4O. The number of anilines is 1. The molecule has 0 radical (unpaired) electrons. The molecule has 0 saturated heterocycles. The Hall–Kier alpha value is -2.30. The van der Waals surface area contributed by atoms with Crippen molar-refractivity contribution in [2.24, 2.45) is 0 Å². The molecule has 5 heteroatoms. The lowest BCUT2D eigenvalue weighted by Crippen LogP contribution is -2.20. The molecule has 0 atom stereocenters. The predicted octanol–water partition coefficient (Wildman–Crippen LogP) is 1.12. The van der Waals surface area contributed by atoms with Crippen LogP contribution in [-0.4, -0.2) is 22.7 Å². The van der Waals surface area contributed by atoms with E-state index in [9.17, 15) is 4.79 Å². The zero-order chi connectivity index (χ0) is 12.4. The lowest BCUT2D eigenvalue weighted by atomic mass is 10.1. The minimum absolute atomic E-state index is 0.159. The van der Waals surface area contributed by atoms with Crippen LogP contribution in [0.4, 0.5) is 5.69 Å². The molecule has 1 amide bonds. The largest absolute Gasteiger partial charge is 0.399 e. The van der Waals surface area contributed by atoms with Gasteiger partial charge in [-0.3, -0.25) is 4.79 Å². The monoisotopic (exact) mass is 230 g/mol. The van der Waals surface area contributed by atoms with Crippen molar-refractivity contribution in [2.45, 2.75) is 6.92 Å². The first-order valence-corrected chi connectivity index (χ1v) is 5.26. The van der Waals surface area contributed by atoms with Crippen LogP contribution in [0, 0.1) is 6.92 Å². The van der Waals surface area contributed by atoms with Crippen molar-refractivity contribution in [1.82, 2.24) is 15.1 Å². The van der Waals surface area contributed by atoms with Gasteiger partial charge in [-0.1, -0.05) is 0 Å². The van der Waals surface area contributed by atoms with E-state index in [1.807, 2.05) is 13.0 Å². The molecule has 0 unspecified atom stereocenters. The molecule has 2 rings (SSSR count). The Balaban J connectivity index is 2.58. The molecule has 0 fully saturated rings. The third kappa shape index (κ3) is 2.13. The molecule has 17 heavy (non-hydrogen) atoms. The maximum absolute atomic E-state index is 11.7. The third-order valence-corrected chi connectivity index (χ3v) is 2.46. The van der Waals surface area contributed by atoms with E-state index in [2.05, 4.69) is 10.4 Å². The summed E-state index contributed by atoms with van der Waals surface area (Å²) < 4.78 is 1.65. The zero-order valence-corrected chi connectivity index (χ0v) is 9.77. The van der Waals surface area contributed by atoms with Gasteiger partial charge in [-0.2, -0.15) is 5.10 Å². The topological polar surface area (TPSA) is 72.9 Å². The molecule has 0 aliphatic heterocycles. The number of rotatable bonds is 2. The highest BCUT2D eigenvalue weighted by atomic mass is 16.1. The number of aryl methyl sites for hydroxylation is 1. The molecule has 3 N–H and O–H groups in total. The number of nitrogens with zero attached hydrogens (tertiary/aromatic N) is 2. The number of carbonyl (C=O) groups is 1. The van der Waals surface area contributed by atoms with Crippen molar-refractivity contribution in [1.29, 1.82) is 0 Å². The molecule has 1 heterocycles. The Morgan fingerprint density at radius 3 is 2.76 bits per heavy atom. The van der Waals surface area contributed by atoms with Crippen LogP contribution in [0.15, 0.2) is 30.5 Å². The highest BCUT2D eigenvalue weighted by molar-refractivity contribution is 5.98. The Morgan fingerprint density at radius 1 is 1.41 bits per heavy atom. The predicted molar refractivity (Wildman–Crippen MR) is 66.1 cm³/mol. The van der Waals surface area contributed by atoms with Crippen LogP contribution in [0.1, 0.15) is 16.1 Å². The molecule has 0 bridgehead atoms. The van der Waals surface area contributed by atoms with E-state index < -0.39 is 0 Å². The van der Waals surface area contributed by atoms with Crippen molar-refractivity contribution < 1.29 is 4.79 Å². The number of nitrogens with two attached hydrogens (primary N) is 1. The summed E-state index contributed by atoms with van der Waals surface area (Å²) in [4.78, 5) is 11.7. The molecule has 1 aromatic heterocycles. The van der Waals surface area contributed by atoms with Crippen molar-refractivity contribution in [3.8, 4) is 5.69 Å². The second-order valence-corrected chi connectivity index (χ2v) is 3.76. The van der Waals surface area contributed by atoms with Gasteiger partial charge in [0.25, 0.3) is 5.91 Å². The average Bonchev–Trinajstić information content (AvgIpc) is 2.75. The lowest BCUT2D eigenvalue weighted by molar-refractivity contribution is 0.0963. The molecule has 0 aliphatic carbocycles. The summed E-state index contributed by atoms with van der Waals surface area (Å²) in [6, 6.07) is 7.00. The van der Waals surface area contributed by atoms with E-state index in [1.165, 1.54) is 0 Å². The number of amides is 1. The van der Waals surface area contributed by atoms with Crippen LogP contribution in [0.5, 0.6) is 0 Å². The highest BCUT2D eigenvalue weighted by Gasteiger charge is 2.12. The Morgan fingerprint density at radius 2 is 2.18 bits per heavy atom. The van der Waals surface area contributed by atoms with E-state index in [1.54, 1.807) is 36.1 Å². The fourth-order valence-electron chi connectivity index (χ4n) is 1.61. The second kappa shape index (κ2) is 4.29. The number of carbonyl (C=O) groups excluding carboxylic acids is 1. The SMILES string of the molecule is CNC(=O)c1ccc(N)cc1-n1ccc(C)n1. The highest BCUT2D eigenvalue weighted by Crippen LogP contribution is 2.18. The fraction of sp³-hybridized carbons (Fsp3) is 0.167. The fourth-order valence-corrected chi connectivity index (χ4v) is 1.61. The van der Waals surface area contributed by atoms with Gasteiger partial charge in [-0.05, 0) is 31.2 Å². The summed E-state index contributed by atoms with van der Waals surface area (Å²) in [5, 5.41) is 6.88. The summed E-state index contributed by atoms with van der Waals surface area (Å²) in [5.41, 5.74) is 8.45. The van der Waals surface area contributed by atoms with Crippen molar-refractivity contribution in [3.63, 3.8) is 0 Å². The van der Waals surface area contributed by atoms with Gasteiger partial charge in [-0.25, -0.2) is 4.68 Å². The molecular weight excluding hydrogens is 216 g/mol. The lowest BCUT2D eigenvalue weighted by Gasteiger charge is -2.09. The Labute approximate surface area is 99.2 Å². The van der Waals surface area contributed by atoms with Crippen molar-refractivity contribution >= 4 is 11.6 Å². The molecule has 88 valence electrons. The van der Waals surface area contributed by atoms with Gasteiger partial charge in [0.15, 0.2) is 0 Å². The Bertz CT molecular complexity index is 559. The van der Waals surface area contributed by atoms with E-state index in [4.69, 9.17) is 5.73 Å². The summed E-state index contributed by atoms with van der Waals surface area (Å²) in [5.74, 6) is -0.159. The summed E-state index contributed by atoms with van der Waals surface area (Å²) in [6.07, 6.45) is 1.80. The number of aromatic nitrogens is 2. The minimum Gasteiger partial charge on any atom is -0.399 e. The number of nitrogen functional groups attached to an aromatic ring is 1. The van der Waals surface area contributed by atoms with Gasteiger partial charge < -0.3 is 11.1 Å². The minimum atomic E-state index is -0.159. The summed E-state index contributed by atoms with van der Waals surface area (Å²) >= 11 is 0. The van der Waals surface area contributed by atoms with Crippen LogP contribution in [-0.2, 0) is 0 Å². The van der Waals surface area contributed by atoms with Gasteiger partial charge in [0.05, 0.1) is 16.9 Å². The molecule has 0 spiro atoms. The molecule has 0 aliphatic rings. The van der Waals surface area contributed by atoms with Crippen LogP contribution < -0.4 is 11.1 Å². The normalized spacial score (nSPS) is 10.2. The van der Waals surface area contributed by atoms with Gasteiger partial charge in [-0.15, -0.1) is 0 Å². The first kappa shape index (κ1) is 11.2. The average molecular weight is 230 g/mol. The van der Waals surface area contributed by atoms with Gasteiger partial charge in [0, 0.05) is 18.9 Å². The summed E-state index contributed by atoms with van der Waals surface area (Å²) in [6.45, 7) is 1.89. The van der Waals surface area contributed by atoms with Crippen LogP contribution >= 0.6 is 0 Å². The molecule has 2 aromatic rings. The zero-order valence-electron chi connectivity index (χ0n) is 9.77. The van der Waals surface area contributed by atoms with Crippen LogP contribution in [0.3, 0.4) is 0 Å². The van der Waals surface area contributed by atoms with Crippen LogP contribution in [0.25, 0.3) is 5.69 Å². The van der Waals surface area contributed by atoms with E-state index in [-0.39, 0.29) is 5.91 Å². The number of benzene rings is 1. The van der Waals surface area contributed by atoms with Crippen molar-refractivity contribution in [3.05, 3.63) is 41.7 Å². The number of hydrogen-bond donors (Lipinski definition) is 2. The van der Waals surface area contributed by atoms with E-state index in [0.717, 1.165) is 5.69 Å². The standard InChI is InChI=1S/C12H14N4O/c1-8-5-6-16(15-8)11-7-9(13)3-4-10(11)12(17)14-2/h3-7H,13H2,1-2H3,(H,14,17). The van der Waals surface area contributed by atoms with Crippen LogP contribution in [0.2, 0.25) is 0 Å². The molecule has 1 aromatic carbocycles. The first-order chi connectivity index (χ1) is 8.11. The summed E-state index contributed by atoms with van der Waals surface area (Å²) in [7, 11) is 1.59. The van der Waals surface area contributed by atoms with Gasteiger partial charge in [0.2, 0.25) is 0 Å². The van der Waals surface area contributed by atoms with Crippen molar-refractivity contribution in [2.75, 3.05) is 12.8 Å². The number of nitrogens with one attached hydrogen (secondary N) is 1. The molecule has 5 nitrogen and oxygen atoms in total. The van der Waals surface area contributed by atoms with E-state index in [0.29, 0.717) is 16.9 Å².